The molecule has 0 saturated heterocycles. The van der Waals surface area contributed by atoms with Gasteiger partial charge >= 0.3 is 0 Å². The molecule has 0 saturated carbocycles. The maximum absolute atomic E-state index is 13.3. The maximum atomic E-state index is 13.3. The summed E-state index contributed by atoms with van der Waals surface area (Å²) in [4.78, 5) is 22.5. The molecule has 1 N–H and O–H groups in total. The number of nitrogens with zero attached hydrogens (tertiary/aromatic N) is 3. The minimum absolute atomic E-state index is 0.0244. The van der Waals surface area contributed by atoms with Gasteiger partial charge in [-0.25, -0.2) is 0 Å². The van der Waals surface area contributed by atoms with E-state index in [0.717, 1.165) is 36.6 Å². The van der Waals surface area contributed by atoms with Crippen LogP contribution in [0.2, 0.25) is 0 Å². The zero-order valence-corrected chi connectivity index (χ0v) is 18.1. The van der Waals surface area contributed by atoms with E-state index in [1.165, 1.54) is 4.88 Å². The Morgan fingerprint density at radius 3 is 2.93 bits per heavy atom. The predicted molar refractivity (Wildman–Crippen MR) is 122 cm³/mol. The van der Waals surface area contributed by atoms with Crippen LogP contribution in [0, 0.1) is 0 Å². The van der Waals surface area contributed by atoms with Crippen molar-refractivity contribution in [3.63, 3.8) is 0 Å². The summed E-state index contributed by atoms with van der Waals surface area (Å²) in [7, 11) is 3.95. The first kappa shape index (κ1) is 20.4. The van der Waals surface area contributed by atoms with Crippen LogP contribution in [0.25, 0.3) is 0 Å². The van der Waals surface area contributed by atoms with Gasteiger partial charge in [-0.2, -0.15) is 0 Å². The van der Waals surface area contributed by atoms with Crippen LogP contribution in [0.4, 0.5) is 11.4 Å². The number of rotatable bonds is 7. The number of aromatic nitrogens is 1. The highest BCUT2D eigenvalue weighted by Gasteiger charge is 2.26. The Balaban J connectivity index is 1.59. The first-order valence-electron chi connectivity index (χ1n) is 10.1. The van der Waals surface area contributed by atoms with E-state index in [1.807, 2.05) is 55.4 Å². The average molecular weight is 423 g/mol. The summed E-state index contributed by atoms with van der Waals surface area (Å²) in [6, 6.07) is 13.9. The molecule has 0 aliphatic carbocycles. The number of carbonyl (C=O) groups is 1. The number of thiophene rings is 1. The summed E-state index contributed by atoms with van der Waals surface area (Å²) in [5.74, 6) is 0.725. The third kappa shape index (κ3) is 4.32. The van der Waals surface area contributed by atoms with Crippen molar-refractivity contribution in [1.29, 1.82) is 0 Å². The predicted octanol–water partition coefficient (Wildman–Crippen LogP) is 3.97. The van der Waals surface area contributed by atoms with E-state index in [-0.39, 0.29) is 12.0 Å². The fraction of sp³-hybridized carbons (Fsp3) is 0.304. The molecule has 0 bridgehead atoms. The van der Waals surface area contributed by atoms with Gasteiger partial charge in [-0.15, -0.1) is 11.3 Å². The monoisotopic (exact) mass is 422 g/mol. The molecule has 156 valence electrons. The van der Waals surface area contributed by atoms with E-state index in [1.54, 1.807) is 23.7 Å². The maximum Gasteiger partial charge on any atom is 0.262 e. The van der Waals surface area contributed by atoms with E-state index >= 15 is 0 Å². The first-order valence-corrected chi connectivity index (χ1v) is 11.0. The minimum Gasteiger partial charge on any atom is -0.485 e. The van der Waals surface area contributed by atoms with Crippen molar-refractivity contribution in [2.75, 3.05) is 43.5 Å². The third-order valence-corrected chi connectivity index (χ3v) is 6.23. The Morgan fingerprint density at radius 1 is 1.23 bits per heavy atom. The Bertz CT molecular complexity index is 992. The Morgan fingerprint density at radius 2 is 2.13 bits per heavy atom. The number of likely N-dealkylation sites (N-methyl/N-ethyl adjacent to an activating group) is 1. The summed E-state index contributed by atoms with van der Waals surface area (Å²) >= 11 is 1.70. The molecule has 1 unspecified atom stereocenters. The van der Waals surface area contributed by atoms with Crippen LogP contribution in [0.1, 0.15) is 27.8 Å². The Kier molecular flexibility index (Phi) is 6.30. The van der Waals surface area contributed by atoms with Crippen LogP contribution in [0.15, 0.2) is 60.2 Å². The number of fused-ring (bicyclic) bond motifs is 1. The molecule has 4 rings (SSSR count). The quantitative estimate of drug-likeness (QED) is 0.624. The second-order valence-electron chi connectivity index (χ2n) is 7.28. The molecular weight excluding hydrogens is 396 g/mol. The number of hydrogen-bond donors (Lipinski definition) is 1. The second kappa shape index (κ2) is 9.28. The summed E-state index contributed by atoms with van der Waals surface area (Å²) in [5.41, 5.74) is 2.37. The van der Waals surface area contributed by atoms with Crippen molar-refractivity contribution in [2.45, 2.75) is 12.5 Å². The lowest BCUT2D eigenvalue weighted by Crippen LogP contribution is -2.33. The molecule has 3 heterocycles. The van der Waals surface area contributed by atoms with Gasteiger partial charge in [0.15, 0.2) is 0 Å². The minimum atomic E-state index is -0.0374. The van der Waals surface area contributed by atoms with Gasteiger partial charge in [0.2, 0.25) is 0 Å². The molecule has 30 heavy (non-hydrogen) atoms. The number of amides is 1. The zero-order chi connectivity index (χ0) is 20.9. The number of anilines is 2. The third-order valence-electron chi connectivity index (χ3n) is 5.27. The molecule has 0 radical (unpaired) electrons. The van der Waals surface area contributed by atoms with Crippen molar-refractivity contribution < 1.29 is 9.53 Å². The van der Waals surface area contributed by atoms with E-state index in [2.05, 4.69) is 26.6 Å². The van der Waals surface area contributed by atoms with E-state index in [0.29, 0.717) is 12.1 Å². The van der Waals surface area contributed by atoms with Gasteiger partial charge < -0.3 is 19.9 Å². The normalized spacial score (nSPS) is 14.9. The number of hydrogen-bond acceptors (Lipinski definition) is 6. The highest BCUT2D eigenvalue weighted by atomic mass is 32.1. The van der Waals surface area contributed by atoms with Gasteiger partial charge in [-0.3, -0.25) is 9.78 Å². The van der Waals surface area contributed by atoms with E-state index < -0.39 is 0 Å². The number of pyridine rings is 1. The fourth-order valence-corrected chi connectivity index (χ4v) is 4.44. The van der Waals surface area contributed by atoms with Crippen LogP contribution < -0.4 is 19.9 Å². The largest absolute Gasteiger partial charge is 0.485 e. The highest BCUT2D eigenvalue weighted by molar-refractivity contribution is 7.10. The SMILES string of the molecule is CNCCC(Oc1cccc(N2CCN(C)c3ccncc3C2=O)c1)c1cccs1. The van der Waals surface area contributed by atoms with Crippen LogP contribution >= 0.6 is 11.3 Å². The van der Waals surface area contributed by atoms with Gasteiger partial charge in [-0.05, 0) is 43.2 Å². The summed E-state index contributed by atoms with van der Waals surface area (Å²) in [5, 5.41) is 5.27. The number of nitrogens with one attached hydrogen (secondary N) is 1. The molecule has 1 aliphatic heterocycles. The molecule has 1 atom stereocenters. The summed E-state index contributed by atoms with van der Waals surface area (Å²) < 4.78 is 6.36. The fourth-order valence-electron chi connectivity index (χ4n) is 3.65. The lowest BCUT2D eigenvalue weighted by atomic mass is 10.2. The summed E-state index contributed by atoms with van der Waals surface area (Å²) in [6.07, 6.45) is 4.22. The molecule has 7 heteroatoms. The van der Waals surface area contributed by atoms with Gasteiger partial charge in [0.25, 0.3) is 5.91 Å². The smallest absolute Gasteiger partial charge is 0.262 e. The van der Waals surface area contributed by atoms with Crippen LogP contribution in [0.5, 0.6) is 5.75 Å². The van der Waals surface area contributed by atoms with Crippen molar-refractivity contribution in [3.05, 3.63) is 70.7 Å². The molecule has 6 nitrogen and oxygen atoms in total. The molecule has 3 aromatic rings. The highest BCUT2D eigenvalue weighted by Crippen LogP contribution is 2.32. The van der Waals surface area contributed by atoms with Crippen molar-refractivity contribution in [2.24, 2.45) is 0 Å². The number of carbonyl (C=O) groups excluding carboxylic acids is 1. The lowest BCUT2D eigenvalue weighted by Gasteiger charge is -2.23. The number of ether oxygens (including phenoxy) is 1. The van der Waals surface area contributed by atoms with Crippen molar-refractivity contribution in [1.82, 2.24) is 10.3 Å². The van der Waals surface area contributed by atoms with E-state index in [9.17, 15) is 4.79 Å². The Labute approximate surface area is 181 Å². The van der Waals surface area contributed by atoms with Crippen molar-refractivity contribution in [3.8, 4) is 5.75 Å². The standard InChI is InChI=1S/C23H26N4O2S/c1-24-10-9-21(22-7-4-14-30-22)29-18-6-3-5-17(15-18)27-13-12-26(2)20-8-11-25-16-19(20)23(27)28/h3-8,11,14-16,21,24H,9-10,12-13H2,1-2H3. The molecule has 0 fully saturated rings. The molecule has 1 aromatic carbocycles. The number of benzene rings is 1. The Hall–Kier alpha value is -2.90. The topological polar surface area (TPSA) is 57.7 Å². The lowest BCUT2D eigenvalue weighted by molar-refractivity contribution is 0.0990. The van der Waals surface area contributed by atoms with Gasteiger partial charge in [-0.1, -0.05) is 12.1 Å². The molecule has 1 amide bonds. The van der Waals surface area contributed by atoms with Crippen molar-refractivity contribution >= 4 is 28.6 Å². The molecule has 2 aromatic heterocycles. The van der Waals surface area contributed by atoms with Crippen LogP contribution in [-0.2, 0) is 0 Å². The van der Waals surface area contributed by atoms with Gasteiger partial charge in [0, 0.05) is 55.6 Å². The average Bonchev–Trinajstić information content (AvgIpc) is 3.27. The molecular formula is C23H26N4O2S. The second-order valence-corrected chi connectivity index (χ2v) is 8.26. The summed E-state index contributed by atoms with van der Waals surface area (Å²) in [6.45, 7) is 2.21. The van der Waals surface area contributed by atoms with Gasteiger partial charge in [0.1, 0.15) is 11.9 Å². The first-order chi connectivity index (χ1) is 14.7. The molecule has 1 aliphatic rings. The zero-order valence-electron chi connectivity index (χ0n) is 17.2. The van der Waals surface area contributed by atoms with Crippen LogP contribution in [0.3, 0.4) is 0 Å². The van der Waals surface area contributed by atoms with Crippen LogP contribution in [-0.4, -0.2) is 44.6 Å². The van der Waals surface area contributed by atoms with E-state index in [4.69, 9.17) is 4.74 Å². The molecule has 0 spiro atoms. The van der Waals surface area contributed by atoms with Gasteiger partial charge in [0.05, 0.1) is 11.3 Å².